The van der Waals surface area contributed by atoms with E-state index in [2.05, 4.69) is 21.7 Å². The fraction of sp³-hybridized carbons (Fsp3) is 0.667. The quantitative estimate of drug-likeness (QED) is 0.670. The van der Waals surface area contributed by atoms with E-state index in [1.54, 1.807) is 0 Å². The summed E-state index contributed by atoms with van der Waals surface area (Å²) in [7, 11) is 1.98. The lowest BCUT2D eigenvalue weighted by Crippen LogP contribution is -2.47. The maximum atomic E-state index is 11.8. The second-order valence-corrected chi connectivity index (χ2v) is 5.73. The van der Waals surface area contributed by atoms with E-state index in [1.807, 2.05) is 19.4 Å². The molecule has 2 rings (SSSR count). The third kappa shape index (κ3) is 4.10. The zero-order valence-electron chi connectivity index (χ0n) is 11.8. The Morgan fingerprint density at radius 1 is 1.42 bits per heavy atom. The van der Waals surface area contributed by atoms with Crippen molar-refractivity contribution in [3.63, 3.8) is 0 Å². The van der Waals surface area contributed by atoms with Gasteiger partial charge < -0.3 is 15.6 Å². The van der Waals surface area contributed by atoms with Gasteiger partial charge in [0.25, 0.3) is 0 Å². The van der Waals surface area contributed by atoms with Crippen LogP contribution in [-0.2, 0) is 11.2 Å². The molecule has 1 aromatic heterocycles. The Hall–Kier alpha value is -1.29. The van der Waals surface area contributed by atoms with Gasteiger partial charge in [-0.15, -0.1) is 0 Å². The molecule has 1 aromatic rings. The Morgan fingerprint density at radius 3 is 2.84 bits per heavy atom. The lowest BCUT2D eigenvalue weighted by molar-refractivity contribution is -0.122. The molecule has 4 nitrogen and oxygen atoms in total. The minimum absolute atomic E-state index is 0.193. The number of carbonyl (C=O) groups is 1. The van der Waals surface area contributed by atoms with Crippen LogP contribution in [0.1, 0.15) is 37.7 Å². The van der Waals surface area contributed by atoms with Crippen LogP contribution in [0.3, 0.4) is 0 Å². The maximum absolute atomic E-state index is 11.8. The summed E-state index contributed by atoms with van der Waals surface area (Å²) < 4.78 is 0. The van der Waals surface area contributed by atoms with E-state index in [0.29, 0.717) is 11.8 Å². The van der Waals surface area contributed by atoms with Crippen LogP contribution in [-0.4, -0.2) is 31.0 Å². The number of aryl methyl sites for hydroxylation is 1. The van der Waals surface area contributed by atoms with Gasteiger partial charge in [-0.2, -0.15) is 0 Å². The highest BCUT2D eigenvalue weighted by atomic mass is 16.1. The van der Waals surface area contributed by atoms with Gasteiger partial charge in [0.1, 0.15) is 0 Å². The molecular formula is C15H25N3O. The van der Waals surface area contributed by atoms with Crippen molar-refractivity contribution in [2.45, 2.75) is 38.5 Å². The molecule has 1 heterocycles. The molecule has 1 saturated carbocycles. The van der Waals surface area contributed by atoms with Gasteiger partial charge in [0.2, 0.25) is 5.91 Å². The molecule has 0 aromatic carbocycles. The third-order valence-electron chi connectivity index (χ3n) is 4.16. The number of rotatable bonds is 8. The smallest absolute Gasteiger partial charge is 0.220 e. The summed E-state index contributed by atoms with van der Waals surface area (Å²) in [6, 6.07) is 2.06. The largest absolute Gasteiger partial charge is 0.367 e. The molecule has 1 aliphatic carbocycles. The van der Waals surface area contributed by atoms with Crippen molar-refractivity contribution in [1.82, 2.24) is 15.6 Å². The van der Waals surface area contributed by atoms with Gasteiger partial charge in [0.05, 0.1) is 0 Å². The van der Waals surface area contributed by atoms with Crippen molar-refractivity contribution in [2.75, 3.05) is 20.1 Å². The first-order chi connectivity index (χ1) is 9.24. The second kappa shape index (κ2) is 6.75. The first-order valence-corrected chi connectivity index (χ1v) is 7.27. The van der Waals surface area contributed by atoms with Crippen LogP contribution < -0.4 is 10.6 Å². The molecule has 1 amide bonds. The van der Waals surface area contributed by atoms with Gasteiger partial charge in [0.15, 0.2) is 0 Å². The fourth-order valence-corrected chi connectivity index (χ4v) is 2.81. The molecule has 1 aliphatic rings. The van der Waals surface area contributed by atoms with Gasteiger partial charge in [-0.3, -0.25) is 4.79 Å². The number of aromatic nitrogens is 1. The number of amides is 1. The number of nitrogens with one attached hydrogen (secondary N) is 3. The summed E-state index contributed by atoms with van der Waals surface area (Å²) >= 11 is 0. The summed E-state index contributed by atoms with van der Waals surface area (Å²) in [4.78, 5) is 14.9. The highest BCUT2D eigenvalue weighted by Crippen LogP contribution is 2.39. The Balaban J connectivity index is 1.61. The first kappa shape index (κ1) is 14.1. The molecular weight excluding hydrogens is 238 g/mol. The molecule has 1 fully saturated rings. The van der Waals surface area contributed by atoms with Gasteiger partial charge in [-0.25, -0.2) is 0 Å². The van der Waals surface area contributed by atoms with Crippen molar-refractivity contribution in [3.05, 3.63) is 24.0 Å². The van der Waals surface area contributed by atoms with Crippen LogP contribution in [0.25, 0.3) is 0 Å². The Kier molecular flexibility index (Phi) is 5.02. The molecule has 0 aliphatic heterocycles. The summed E-state index contributed by atoms with van der Waals surface area (Å²) in [6.07, 6.45) is 10.2. The van der Waals surface area contributed by atoms with E-state index in [0.717, 1.165) is 25.9 Å². The van der Waals surface area contributed by atoms with Crippen LogP contribution in [0.15, 0.2) is 18.5 Å². The molecule has 0 spiro atoms. The van der Waals surface area contributed by atoms with E-state index in [-0.39, 0.29) is 5.91 Å². The summed E-state index contributed by atoms with van der Waals surface area (Å²) in [5.41, 5.74) is 1.60. The lowest BCUT2D eigenvalue weighted by Gasteiger charge is -2.42. The average Bonchev–Trinajstić information content (AvgIpc) is 2.85. The minimum atomic E-state index is 0.193. The molecule has 0 radical (unpaired) electrons. The Bertz CT molecular complexity index is 382. The average molecular weight is 263 g/mol. The Morgan fingerprint density at radius 2 is 2.26 bits per heavy atom. The van der Waals surface area contributed by atoms with Crippen LogP contribution in [0.2, 0.25) is 0 Å². The molecule has 0 atom stereocenters. The van der Waals surface area contributed by atoms with E-state index in [1.165, 1.54) is 24.8 Å². The van der Waals surface area contributed by atoms with E-state index in [4.69, 9.17) is 0 Å². The number of carbonyl (C=O) groups excluding carboxylic acids is 1. The SMILES string of the molecule is CNCC1(CNC(=O)CCCc2cc[nH]c2)CCC1. The van der Waals surface area contributed by atoms with E-state index in [9.17, 15) is 4.79 Å². The summed E-state index contributed by atoms with van der Waals surface area (Å²) in [5, 5.41) is 6.34. The molecule has 4 heteroatoms. The van der Waals surface area contributed by atoms with Crippen molar-refractivity contribution >= 4 is 5.91 Å². The number of hydrogen-bond acceptors (Lipinski definition) is 2. The van der Waals surface area contributed by atoms with Crippen LogP contribution in [0.5, 0.6) is 0 Å². The lowest BCUT2D eigenvalue weighted by atomic mass is 9.68. The van der Waals surface area contributed by atoms with Crippen molar-refractivity contribution in [3.8, 4) is 0 Å². The standard InChI is InChI=1S/C15H25N3O/c1-16-11-15(7-3-8-15)12-18-14(19)5-2-4-13-6-9-17-10-13/h6,9-10,16-17H,2-5,7-8,11-12H2,1H3,(H,18,19). The molecule has 0 unspecified atom stereocenters. The number of hydrogen-bond donors (Lipinski definition) is 3. The zero-order valence-corrected chi connectivity index (χ0v) is 11.8. The van der Waals surface area contributed by atoms with Crippen molar-refractivity contribution < 1.29 is 4.79 Å². The predicted molar refractivity (Wildman–Crippen MR) is 77.0 cm³/mol. The fourth-order valence-electron chi connectivity index (χ4n) is 2.81. The number of aromatic amines is 1. The Labute approximate surface area is 115 Å². The topological polar surface area (TPSA) is 56.9 Å². The van der Waals surface area contributed by atoms with Crippen molar-refractivity contribution in [1.29, 1.82) is 0 Å². The summed E-state index contributed by atoms with van der Waals surface area (Å²) in [6.45, 7) is 1.84. The van der Waals surface area contributed by atoms with Crippen LogP contribution in [0, 0.1) is 5.41 Å². The first-order valence-electron chi connectivity index (χ1n) is 7.27. The predicted octanol–water partition coefficient (Wildman–Crippen LogP) is 1.84. The summed E-state index contributed by atoms with van der Waals surface area (Å²) in [5.74, 6) is 0.193. The molecule has 3 N–H and O–H groups in total. The second-order valence-electron chi connectivity index (χ2n) is 5.73. The number of H-pyrrole nitrogens is 1. The zero-order chi connectivity index (χ0) is 13.6. The maximum Gasteiger partial charge on any atom is 0.220 e. The molecule has 19 heavy (non-hydrogen) atoms. The molecule has 0 saturated heterocycles. The van der Waals surface area contributed by atoms with E-state index < -0.39 is 0 Å². The van der Waals surface area contributed by atoms with E-state index >= 15 is 0 Å². The highest BCUT2D eigenvalue weighted by molar-refractivity contribution is 5.75. The van der Waals surface area contributed by atoms with Crippen molar-refractivity contribution in [2.24, 2.45) is 5.41 Å². The third-order valence-corrected chi connectivity index (χ3v) is 4.16. The van der Waals surface area contributed by atoms with Gasteiger partial charge in [-0.1, -0.05) is 6.42 Å². The van der Waals surface area contributed by atoms with Gasteiger partial charge in [-0.05, 0) is 44.4 Å². The monoisotopic (exact) mass is 263 g/mol. The van der Waals surface area contributed by atoms with Gasteiger partial charge >= 0.3 is 0 Å². The van der Waals surface area contributed by atoms with Gasteiger partial charge in [0, 0.05) is 37.3 Å². The molecule has 0 bridgehead atoms. The minimum Gasteiger partial charge on any atom is -0.367 e. The van der Waals surface area contributed by atoms with Crippen LogP contribution >= 0.6 is 0 Å². The molecule has 106 valence electrons. The van der Waals surface area contributed by atoms with Crippen LogP contribution in [0.4, 0.5) is 0 Å². The highest BCUT2D eigenvalue weighted by Gasteiger charge is 2.36. The normalized spacial score (nSPS) is 16.9.